The Morgan fingerprint density at radius 2 is 1.75 bits per heavy atom. The third kappa shape index (κ3) is 4.76. The summed E-state index contributed by atoms with van der Waals surface area (Å²) in [5, 5.41) is 9.64. The largest absolute Gasteiger partial charge is 0.484 e. The van der Waals surface area contributed by atoms with E-state index in [4.69, 9.17) is 16.3 Å². The smallest absolute Gasteiger partial charge is 0.314 e. The maximum Gasteiger partial charge on any atom is 0.314 e. The van der Waals surface area contributed by atoms with Crippen molar-refractivity contribution in [2.75, 3.05) is 14.2 Å². The number of ether oxygens (including phenoxy) is 2. The number of esters is 1. The number of aromatic nitrogens is 3. The van der Waals surface area contributed by atoms with E-state index in [1.807, 2.05) is 36.4 Å². The fraction of sp³-hybridized carbons (Fsp3) is 0.158. The van der Waals surface area contributed by atoms with E-state index >= 15 is 0 Å². The lowest BCUT2D eigenvalue weighted by molar-refractivity contribution is -0.139. The number of carbonyl (C=O) groups is 1. The van der Waals surface area contributed by atoms with Crippen LogP contribution in [0.3, 0.4) is 0 Å². The van der Waals surface area contributed by atoms with E-state index in [9.17, 15) is 4.79 Å². The zero-order chi connectivity index (χ0) is 20.1. The van der Waals surface area contributed by atoms with Crippen LogP contribution in [-0.4, -0.2) is 41.1 Å². The van der Waals surface area contributed by atoms with E-state index in [-0.39, 0.29) is 12.3 Å². The minimum absolute atomic E-state index is 0.113. The molecule has 1 aromatic heterocycles. The van der Waals surface area contributed by atoms with Gasteiger partial charge >= 0.3 is 5.97 Å². The molecule has 1 heterocycles. The summed E-state index contributed by atoms with van der Waals surface area (Å²) in [7, 11) is 2.74. The quantitative estimate of drug-likeness (QED) is 0.314. The van der Waals surface area contributed by atoms with Crippen LogP contribution in [0.2, 0.25) is 5.02 Å². The Labute approximate surface area is 175 Å². The molecule has 0 unspecified atom stereocenters. The van der Waals surface area contributed by atoms with Crippen LogP contribution in [-0.2, 0) is 14.3 Å². The first-order chi connectivity index (χ1) is 13.5. The normalized spacial score (nSPS) is 11.4. The molecule has 0 saturated carbocycles. The Balaban J connectivity index is 2.08. The molecule has 144 valence electrons. The van der Waals surface area contributed by atoms with E-state index < -0.39 is 5.97 Å². The third-order valence-corrected chi connectivity index (χ3v) is 4.54. The van der Waals surface area contributed by atoms with E-state index in [0.717, 1.165) is 15.7 Å². The van der Waals surface area contributed by atoms with E-state index in [2.05, 4.69) is 35.9 Å². The summed E-state index contributed by atoms with van der Waals surface area (Å²) >= 11 is 9.40. The molecule has 0 amide bonds. The Morgan fingerprint density at radius 1 is 1.07 bits per heavy atom. The van der Waals surface area contributed by atoms with Crippen molar-refractivity contribution in [3.05, 3.63) is 58.0 Å². The molecule has 0 radical (unpaired) electrons. The van der Waals surface area contributed by atoms with Crippen LogP contribution >= 0.6 is 27.5 Å². The average molecular weight is 464 g/mol. The van der Waals surface area contributed by atoms with Crippen molar-refractivity contribution in [1.82, 2.24) is 15.0 Å². The highest BCUT2D eigenvalue weighted by Gasteiger charge is 2.17. The van der Waals surface area contributed by atoms with Crippen LogP contribution < -0.4 is 0 Å². The van der Waals surface area contributed by atoms with Crippen molar-refractivity contribution < 1.29 is 14.3 Å². The number of halogens is 2. The number of rotatable bonds is 5. The van der Waals surface area contributed by atoms with Gasteiger partial charge in [-0.3, -0.25) is 4.79 Å². The molecule has 0 aliphatic heterocycles. The van der Waals surface area contributed by atoms with Crippen molar-refractivity contribution in [1.29, 1.82) is 0 Å². The number of methoxy groups -OCH3 is 2. The van der Waals surface area contributed by atoms with Crippen LogP contribution in [0.5, 0.6) is 0 Å². The van der Waals surface area contributed by atoms with Gasteiger partial charge in [0.25, 0.3) is 0 Å². The van der Waals surface area contributed by atoms with Gasteiger partial charge in [0.2, 0.25) is 11.7 Å². The van der Waals surface area contributed by atoms with Crippen LogP contribution in [0.15, 0.2) is 58.0 Å². The minimum Gasteiger partial charge on any atom is -0.484 e. The molecule has 0 spiro atoms. The Hall–Kier alpha value is -2.71. The molecule has 0 aliphatic rings. The summed E-state index contributed by atoms with van der Waals surface area (Å²) < 4.78 is 10.8. The maximum atomic E-state index is 11.6. The van der Waals surface area contributed by atoms with Crippen LogP contribution in [0.1, 0.15) is 6.42 Å². The second-order valence-corrected chi connectivity index (χ2v) is 6.96. The lowest BCUT2D eigenvalue weighted by atomic mass is 10.1. The fourth-order valence-corrected chi connectivity index (χ4v) is 2.72. The van der Waals surface area contributed by atoms with Gasteiger partial charge in [-0.2, -0.15) is 4.99 Å². The van der Waals surface area contributed by atoms with Gasteiger partial charge in [0.15, 0.2) is 0 Å². The summed E-state index contributed by atoms with van der Waals surface area (Å²) in [5.41, 5.74) is 2.06. The van der Waals surface area contributed by atoms with Crippen LogP contribution in [0.4, 0.5) is 5.82 Å². The van der Waals surface area contributed by atoms with Gasteiger partial charge in [-0.1, -0.05) is 39.7 Å². The number of benzene rings is 2. The average Bonchev–Trinajstić information content (AvgIpc) is 3.12. The van der Waals surface area contributed by atoms with Crippen LogP contribution in [0.25, 0.3) is 16.9 Å². The molecular weight excluding hydrogens is 448 g/mol. The third-order valence-electron chi connectivity index (χ3n) is 3.76. The molecule has 3 aromatic rings. The van der Waals surface area contributed by atoms with E-state index in [1.54, 1.807) is 12.1 Å². The molecule has 7 nitrogen and oxygen atoms in total. The molecule has 0 bridgehead atoms. The zero-order valence-corrected chi connectivity index (χ0v) is 17.4. The maximum absolute atomic E-state index is 11.6. The zero-order valence-electron chi connectivity index (χ0n) is 15.1. The molecule has 0 saturated heterocycles. The van der Waals surface area contributed by atoms with Gasteiger partial charge < -0.3 is 9.47 Å². The van der Waals surface area contributed by atoms with Gasteiger partial charge in [0, 0.05) is 15.1 Å². The molecule has 0 aliphatic carbocycles. The minimum atomic E-state index is -0.464. The molecule has 3 rings (SSSR count). The van der Waals surface area contributed by atoms with Crippen LogP contribution in [0, 0.1) is 0 Å². The van der Waals surface area contributed by atoms with Crippen molar-refractivity contribution >= 4 is 45.2 Å². The number of carbonyl (C=O) groups excluding carboxylic acids is 1. The standard InChI is InChI=1S/C19H16BrClN4O3/c1-27-16(11-17(26)28-2)22-19-18(12-3-7-14(21)8-4-12)23-25(24-19)15-9-5-13(20)6-10-15/h3-10H,11H2,1-2H3. The van der Waals surface area contributed by atoms with Gasteiger partial charge in [-0.05, 0) is 36.4 Å². The van der Waals surface area contributed by atoms with Crippen molar-refractivity contribution in [3.8, 4) is 16.9 Å². The molecule has 0 fully saturated rings. The van der Waals surface area contributed by atoms with Gasteiger partial charge in [-0.25, -0.2) is 0 Å². The molecule has 28 heavy (non-hydrogen) atoms. The summed E-state index contributed by atoms with van der Waals surface area (Å²) in [4.78, 5) is 17.4. The lowest BCUT2D eigenvalue weighted by Gasteiger charge is -2.03. The van der Waals surface area contributed by atoms with Crippen molar-refractivity contribution in [3.63, 3.8) is 0 Å². The molecular formula is C19H16BrClN4O3. The van der Waals surface area contributed by atoms with Crippen molar-refractivity contribution in [2.45, 2.75) is 6.42 Å². The molecule has 0 N–H and O–H groups in total. The molecule has 0 atom stereocenters. The summed E-state index contributed by atoms with van der Waals surface area (Å²) in [6, 6.07) is 14.7. The highest BCUT2D eigenvalue weighted by atomic mass is 79.9. The van der Waals surface area contributed by atoms with E-state index in [0.29, 0.717) is 16.5 Å². The predicted molar refractivity (Wildman–Crippen MR) is 110 cm³/mol. The lowest BCUT2D eigenvalue weighted by Crippen LogP contribution is -2.10. The van der Waals surface area contributed by atoms with E-state index in [1.165, 1.54) is 19.0 Å². The van der Waals surface area contributed by atoms with Gasteiger partial charge in [-0.15, -0.1) is 15.0 Å². The van der Waals surface area contributed by atoms with Crippen molar-refractivity contribution in [2.24, 2.45) is 4.99 Å². The summed E-state index contributed by atoms with van der Waals surface area (Å²) in [6.07, 6.45) is -0.113. The Bertz CT molecular complexity index is 1000. The molecule has 2 aromatic carbocycles. The SMILES string of the molecule is COC(=O)CC(=Nc1nn(-c2ccc(Br)cc2)nc1-c1ccc(Cl)cc1)OC. The number of hydrogen-bond acceptors (Lipinski definition) is 6. The van der Waals surface area contributed by atoms with Gasteiger partial charge in [0.05, 0.1) is 19.9 Å². The summed E-state index contributed by atoms with van der Waals surface area (Å²) in [5.74, 6) is 0.0184. The number of aliphatic imine (C=N–C) groups is 1. The molecule has 9 heteroatoms. The Kier molecular flexibility index (Phi) is 6.43. The highest BCUT2D eigenvalue weighted by molar-refractivity contribution is 9.10. The first kappa shape index (κ1) is 20.0. The topological polar surface area (TPSA) is 78.6 Å². The second kappa shape index (κ2) is 8.99. The Morgan fingerprint density at radius 3 is 2.36 bits per heavy atom. The van der Waals surface area contributed by atoms with Gasteiger partial charge in [0.1, 0.15) is 12.1 Å². The summed E-state index contributed by atoms with van der Waals surface area (Å²) in [6.45, 7) is 0. The first-order valence-electron chi connectivity index (χ1n) is 8.17. The fourth-order valence-electron chi connectivity index (χ4n) is 2.33. The number of nitrogens with zero attached hydrogens (tertiary/aromatic N) is 4. The predicted octanol–water partition coefficient (Wildman–Crippen LogP) is 4.59. The highest BCUT2D eigenvalue weighted by Crippen LogP contribution is 2.29. The first-order valence-corrected chi connectivity index (χ1v) is 9.35. The number of hydrogen-bond donors (Lipinski definition) is 0. The second-order valence-electron chi connectivity index (χ2n) is 5.61. The monoisotopic (exact) mass is 462 g/mol.